The van der Waals surface area contributed by atoms with Crippen molar-refractivity contribution in [2.75, 3.05) is 73.1 Å². The number of aliphatic hydroxyl groups excluding tert-OH is 1. The highest BCUT2D eigenvalue weighted by Gasteiger charge is 2.48. The van der Waals surface area contributed by atoms with Gasteiger partial charge in [0, 0.05) is 91.9 Å². The van der Waals surface area contributed by atoms with Crippen molar-refractivity contribution in [1.29, 1.82) is 0 Å². The van der Waals surface area contributed by atoms with E-state index in [1.165, 1.54) is 16.0 Å². The Labute approximate surface area is 442 Å². The van der Waals surface area contributed by atoms with Gasteiger partial charge in [0.15, 0.2) is 0 Å². The Balaban J connectivity index is 0.709. The Morgan fingerprint density at radius 2 is 1.59 bits per heavy atom. The maximum Gasteiger partial charge on any atom is 0.471 e. The van der Waals surface area contributed by atoms with Crippen LogP contribution in [0.3, 0.4) is 0 Å². The van der Waals surface area contributed by atoms with E-state index in [1.807, 2.05) is 24.4 Å². The van der Waals surface area contributed by atoms with Gasteiger partial charge >= 0.3 is 7.82 Å². The number of carbonyl (C=O) groups is 5. The number of phosphoric acid groups is 1. The zero-order valence-corrected chi connectivity index (χ0v) is 44.1. The molecule has 76 heavy (non-hydrogen) atoms. The standard InChI is InChI=1S/C53H59N10O11PS/c1-30-28-59(33-15-19-58(20-16-33)34-8-10-39-40(25-34)51(67)63(50(39)66)42-11-13-45(65)62(52(42)68)29-74-75(70,71)72)22-23-60(30)35-9-12-44(55-27-35)57-41-24-32(26-56-49(41)73-3)36-14-18-54-48(46(36)31(2)64)61-21-17-38-37-6-4-5-7-43(37)76-47(38)53(61)69/h8-10,12,14,18,24-27,30-31,33,42,64H,4-7,11,13,15-17,19-23,28-29H2,1-3H3,(H,55,57)(H2,70,71,72)/t30-,31+,42?/m0/s1. The lowest BCUT2D eigenvalue weighted by Crippen LogP contribution is -2.57. The van der Waals surface area contributed by atoms with Crippen LogP contribution in [0.15, 0.2) is 61.1 Å². The van der Waals surface area contributed by atoms with E-state index in [0.29, 0.717) is 57.4 Å². The number of methoxy groups -OCH3 is 1. The first-order valence-electron chi connectivity index (χ1n) is 25.8. The molecule has 5 aromatic rings. The summed E-state index contributed by atoms with van der Waals surface area (Å²) in [6.45, 7) is 7.37. The fourth-order valence-corrected chi connectivity index (χ4v) is 13.6. The van der Waals surface area contributed by atoms with Crippen LogP contribution in [0.25, 0.3) is 11.1 Å². The van der Waals surface area contributed by atoms with Crippen LogP contribution < -0.4 is 24.8 Å². The van der Waals surface area contributed by atoms with E-state index >= 15 is 0 Å². The number of piperazine rings is 1. The Kier molecular flexibility index (Phi) is 14.0. The number of likely N-dealkylation sites (tertiary alicyclic amines) is 1. The molecule has 4 aromatic heterocycles. The fourth-order valence-electron chi connectivity index (χ4n) is 11.9. The van der Waals surface area contributed by atoms with Crippen molar-refractivity contribution >= 4 is 77.4 Å². The van der Waals surface area contributed by atoms with E-state index in [9.17, 15) is 33.6 Å². The van der Waals surface area contributed by atoms with Gasteiger partial charge in [-0.15, -0.1) is 11.3 Å². The van der Waals surface area contributed by atoms with Crippen LogP contribution in [0.2, 0.25) is 0 Å². The number of rotatable bonds is 13. The Morgan fingerprint density at radius 1 is 0.816 bits per heavy atom. The lowest BCUT2D eigenvalue weighted by Gasteiger charge is -2.46. The maximum absolute atomic E-state index is 14.1. The van der Waals surface area contributed by atoms with Crippen LogP contribution in [0.5, 0.6) is 5.88 Å². The summed E-state index contributed by atoms with van der Waals surface area (Å²) < 4.78 is 21.3. The van der Waals surface area contributed by atoms with E-state index in [0.717, 1.165) is 98.8 Å². The number of aromatic nitrogens is 3. The predicted octanol–water partition coefficient (Wildman–Crippen LogP) is 5.85. The zero-order chi connectivity index (χ0) is 53.2. The van der Waals surface area contributed by atoms with Crippen molar-refractivity contribution in [2.24, 2.45) is 0 Å². The number of amides is 5. The number of carbonyl (C=O) groups excluding carboxylic acids is 5. The number of ether oxygens (including phenoxy) is 1. The third-order valence-corrected chi connectivity index (χ3v) is 17.5. The number of thiophene rings is 1. The Bertz CT molecular complexity index is 3200. The molecular weight excluding hydrogens is 1020 g/mol. The number of aliphatic hydroxyl groups is 1. The van der Waals surface area contributed by atoms with E-state index in [4.69, 9.17) is 24.5 Å². The molecule has 1 aromatic carbocycles. The molecular formula is C53H59N10O11PS. The number of fused-ring (bicyclic) bond motifs is 4. The highest BCUT2D eigenvalue weighted by molar-refractivity contribution is 7.46. The molecule has 3 atom stereocenters. The molecule has 0 radical (unpaired) electrons. The summed E-state index contributed by atoms with van der Waals surface area (Å²) in [4.78, 5) is 112. The Morgan fingerprint density at radius 3 is 2.33 bits per heavy atom. The number of piperidine rings is 2. The molecule has 21 nitrogen and oxygen atoms in total. The predicted molar refractivity (Wildman–Crippen MR) is 282 cm³/mol. The minimum Gasteiger partial charge on any atom is -0.480 e. The second kappa shape index (κ2) is 20.7. The number of hydrogen-bond donors (Lipinski definition) is 4. The Hall–Kier alpha value is -6.65. The molecule has 9 heterocycles. The summed E-state index contributed by atoms with van der Waals surface area (Å²) in [5.74, 6) is -1.65. The van der Waals surface area contributed by atoms with E-state index in [-0.39, 0.29) is 35.9 Å². The third kappa shape index (κ3) is 9.64. The summed E-state index contributed by atoms with van der Waals surface area (Å²) in [6.07, 6.45) is 10.9. The molecule has 5 amide bonds. The summed E-state index contributed by atoms with van der Waals surface area (Å²) >= 11 is 1.62. The van der Waals surface area contributed by atoms with Crippen LogP contribution in [0, 0.1) is 0 Å². The topological polar surface area (TPSA) is 252 Å². The average molecular weight is 1080 g/mol. The number of benzene rings is 1. The molecule has 1 aliphatic carbocycles. The molecule has 6 aliphatic rings. The number of nitrogens with one attached hydrogen (secondary N) is 1. The van der Waals surface area contributed by atoms with Gasteiger partial charge < -0.3 is 34.7 Å². The van der Waals surface area contributed by atoms with Crippen LogP contribution >= 0.6 is 19.2 Å². The van der Waals surface area contributed by atoms with Crippen LogP contribution in [-0.2, 0) is 37.9 Å². The molecule has 11 rings (SSSR count). The van der Waals surface area contributed by atoms with Crippen molar-refractivity contribution in [3.63, 3.8) is 0 Å². The summed E-state index contributed by atoms with van der Waals surface area (Å²) in [5, 5.41) is 14.7. The van der Waals surface area contributed by atoms with Gasteiger partial charge in [-0.3, -0.25) is 48.1 Å². The molecule has 5 aliphatic heterocycles. The van der Waals surface area contributed by atoms with Gasteiger partial charge in [-0.1, -0.05) is 0 Å². The summed E-state index contributed by atoms with van der Waals surface area (Å²) in [5.41, 5.74) is 7.19. The van der Waals surface area contributed by atoms with Gasteiger partial charge in [-0.05, 0) is 124 Å². The van der Waals surface area contributed by atoms with Gasteiger partial charge in [-0.25, -0.2) is 19.5 Å². The summed E-state index contributed by atoms with van der Waals surface area (Å²) in [6, 6.07) is 12.0. The SMILES string of the molecule is COc1ncc(-c2ccnc(N3CCc4c(sc5c4CCCC5)C3=O)c2[C@@H](C)O)cc1Nc1ccc(N2CCN(C3CCN(c4ccc5c(c4)C(=O)N(C4CCC(=O)N(COP(=O)(O)O)C4=O)C5=O)CC3)C[C@@H]2C)cn1. The van der Waals surface area contributed by atoms with Gasteiger partial charge in [0.05, 0.1) is 41.1 Å². The smallest absolute Gasteiger partial charge is 0.471 e. The first-order chi connectivity index (χ1) is 36.6. The molecule has 1 unspecified atom stereocenters. The number of nitrogens with zero attached hydrogens (tertiary/aromatic N) is 9. The zero-order valence-electron chi connectivity index (χ0n) is 42.4. The first kappa shape index (κ1) is 51.5. The molecule has 3 fully saturated rings. The average Bonchev–Trinajstić information content (AvgIpc) is 3.92. The lowest BCUT2D eigenvalue weighted by molar-refractivity contribution is -0.155. The molecule has 3 saturated heterocycles. The second-order valence-corrected chi connectivity index (χ2v) is 22.6. The molecule has 398 valence electrons. The summed E-state index contributed by atoms with van der Waals surface area (Å²) in [7, 11) is -3.45. The van der Waals surface area contributed by atoms with Crippen molar-refractivity contribution < 1.29 is 52.7 Å². The van der Waals surface area contributed by atoms with E-state index < -0.39 is 50.3 Å². The van der Waals surface area contributed by atoms with Gasteiger partial charge in [0.2, 0.25) is 11.8 Å². The fraction of sp³-hybridized carbons (Fsp3) is 0.434. The molecule has 0 spiro atoms. The largest absolute Gasteiger partial charge is 0.480 e. The monoisotopic (exact) mass is 1070 g/mol. The lowest BCUT2D eigenvalue weighted by atomic mass is 9.91. The van der Waals surface area contributed by atoms with Crippen molar-refractivity contribution in [1.82, 2.24) is 29.7 Å². The highest BCUT2D eigenvalue weighted by Crippen LogP contribution is 2.43. The second-order valence-electron chi connectivity index (χ2n) is 20.2. The quantitative estimate of drug-likeness (QED) is 0.0797. The first-order valence-corrected chi connectivity index (χ1v) is 28.1. The minimum atomic E-state index is -5.00. The van der Waals surface area contributed by atoms with Crippen molar-refractivity contribution in [3.05, 3.63) is 98.6 Å². The minimum absolute atomic E-state index is 0.0647. The van der Waals surface area contributed by atoms with Crippen molar-refractivity contribution in [3.8, 4) is 17.0 Å². The highest BCUT2D eigenvalue weighted by atomic mass is 32.1. The number of pyridine rings is 3. The van der Waals surface area contributed by atoms with Gasteiger partial charge in [-0.2, -0.15) is 0 Å². The van der Waals surface area contributed by atoms with E-state index in [1.54, 1.807) is 60.9 Å². The third-order valence-electron chi connectivity index (χ3n) is 15.7. The number of anilines is 5. The van der Waals surface area contributed by atoms with E-state index in [2.05, 4.69) is 42.5 Å². The number of hydrogen-bond acceptors (Lipinski definition) is 17. The van der Waals surface area contributed by atoms with Crippen LogP contribution in [0.4, 0.5) is 28.7 Å². The maximum atomic E-state index is 14.1. The van der Waals surface area contributed by atoms with Crippen LogP contribution in [0.1, 0.15) is 110 Å². The molecule has 0 bridgehead atoms. The normalized spacial score (nSPS) is 21.0. The van der Waals surface area contributed by atoms with Crippen LogP contribution in [-0.4, -0.2) is 145 Å². The molecule has 23 heteroatoms. The van der Waals surface area contributed by atoms with Gasteiger partial charge in [0.1, 0.15) is 30.1 Å². The van der Waals surface area contributed by atoms with Crippen molar-refractivity contribution in [2.45, 2.75) is 95.9 Å². The molecule has 0 saturated carbocycles. The number of phosphoric ester groups is 1. The molecule has 4 N–H and O–H groups in total. The van der Waals surface area contributed by atoms with Gasteiger partial charge in [0.25, 0.3) is 23.6 Å². The number of aryl methyl sites for hydroxylation is 1. The number of imide groups is 2.